The van der Waals surface area contributed by atoms with Gasteiger partial charge < -0.3 is 15.3 Å². The van der Waals surface area contributed by atoms with Crippen molar-refractivity contribution in [2.45, 2.75) is 63.8 Å². The topological polar surface area (TPSA) is 69.6 Å². The maximum Gasteiger partial charge on any atom is 0.317 e. The van der Waals surface area contributed by atoms with Gasteiger partial charge in [0.25, 0.3) is 0 Å². The molecule has 0 spiro atoms. The van der Waals surface area contributed by atoms with Gasteiger partial charge in [-0.25, -0.2) is 4.79 Å². The number of urea groups is 1. The first-order valence-electron chi connectivity index (χ1n) is 7.80. The minimum absolute atomic E-state index is 0.0438. The van der Waals surface area contributed by atoms with Crippen LogP contribution in [-0.2, 0) is 4.79 Å². The Morgan fingerprint density at radius 3 is 2.55 bits per heavy atom. The second-order valence-electron chi connectivity index (χ2n) is 6.54. The molecule has 5 nitrogen and oxygen atoms in total. The standard InChI is InChI=1S/C15H26N2O3/c1-12-6-5-9-17(11-12)14(20)16-15(10-13(18)19)7-3-2-4-8-15/h12H,2-11H2,1H3,(H,16,20)(H,18,19). The van der Waals surface area contributed by atoms with E-state index in [1.807, 2.05) is 4.90 Å². The number of nitrogens with one attached hydrogen (secondary N) is 1. The summed E-state index contributed by atoms with van der Waals surface area (Å²) in [4.78, 5) is 25.4. The van der Waals surface area contributed by atoms with Crippen LogP contribution in [0.2, 0.25) is 0 Å². The molecule has 1 saturated heterocycles. The molecule has 2 rings (SSSR count). The summed E-state index contributed by atoms with van der Waals surface area (Å²) in [5.41, 5.74) is -0.526. The number of nitrogens with zero attached hydrogens (tertiary/aromatic N) is 1. The molecule has 5 heteroatoms. The van der Waals surface area contributed by atoms with Gasteiger partial charge in [0.05, 0.1) is 12.0 Å². The van der Waals surface area contributed by atoms with Crippen LogP contribution in [0.3, 0.4) is 0 Å². The van der Waals surface area contributed by atoms with Crippen molar-refractivity contribution in [2.75, 3.05) is 13.1 Å². The predicted molar refractivity (Wildman–Crippen MR) is 76.6 cm³/mol. The van der Waals surface area contributed by atoms with Crippen LogP contribution in [-0.4, -0.2) is 40.6 Å². The average Bonchev–Trinajstić information content (AvgIpc) is 2.38. The van der Waals surface area contributed by atoms with Crippen LogP contribution in [0, 0.1) is 5.92 Å². The molecule has 0 aromatic carbocycles. The van der Waals surface area contributed by atoms with Crippen molar-refractivity contribution in [1.82, 2.24) is 10.2 Å². The lowest BCUT2D eigenvalue weighted by atomic mass is 9.79. The second-order valence-corrected chi connectivity index (χ2v) is 6.54. The van der Waals surface area contributed by atoms with E-state index in [4.69, 9.17) is 5.11 Å². The Morgan fingerprint density at radius 2 is 1.95 bits per heavy atom. The highest BCUT2D eigenvalue weighted by Gasteiger charge is 2.37. The number of hydrogen-bond donors (Lipinski definition) is 2. The normalized spacial score (nSPS) is 26.1. The molecule has 1 aliphatic heterocycles. The number of rotatable bonds is 3. The van der Waals surface area contributed by atoms with Crippen molar-refractivity contribution >= 4 is 12.0 Å². The molecule has 0 radical (unpaired) electrons. The molecule has 0 bridgehead atoms. The zero-order valence-electron chi connectivity index (χ0n) is 12.4. The van der Waals surface area contributed by atoms with Gasteiger partial charge in [0.15, 0.2) is 0 Å². The fourth-order valence-electron chi connectivity index (χ4n) is 3.54. The molecule has 2 amide bonds. The van der Waals surface area contributed by atoms with Crippen LogP contribution >= 0.6 is 0 Å². The largest absolute Gasteiger partial charge is 0.481 e. The van der Waals surface area contributed by atoms with Crippen LogP contribution < -0.4 is 5.32 Å². The van der Waals surface area contributed by atoms with Crippen molar-refractivity contribution in [3.05, 3.63) is 0 Å². The molecule has 0 aromatic heterocycles. The Labute approximate surface area is 120 Å². The summed E-state index contributed by atoms with van der Waals surface area (Å²) in [6, 6.07) is -0.0697. The van der Waals surface area contributed by atoms with Crippen LogP contribution in [0.1, 0.15) is 58.3 Å². The number of carbonyl (C=O) groups excluding carboxylic acids is 1. The summed E-state index contributed by atoms with van der Waals surface area (Å²) >= 11 is 0. The summed E-state index contributed by atoms with van der Waals surface area (Å²) in [6.45, 7) is 3.74. The third-order valence-corrected chi connectivity index (χ3v) is 4.62. The van der Waals surface area contributed by atoms with Crippen molar-refractivity contribution in [3.8, 4) is 0 Å². The molecule has 2 N–H and O–H groups in total. The zero-order chi connectivity index (χ0) is 14.6. The number of carboxylic acids is 1. The summed E-state index contributed by atoms with van der Waals surface area (Å²) < 4.78 is 0. The fourth-order valence-corrected chi connectivity index (χ4v) is 3.54. The second kappa shape index (κ2) is 6.46. The quantitative estimate of drug-likeness (QED) is 0.836. The van der Waals surface area contributed by atoms with Crippen molar-refractivity contribution < 1.29 is 14.7 Å². The molecule has 1 saturated carbocycles. The minimum Gasteiger partial charge on any atom is -0.481 e. The lowest BCUT2D eigenvalue weighted by Gasteiger charge is -2.40. The van der Waals surface area contributed by atoms with E-state index in [1.54, 1.807) is 0 Å². The van der Waals surface area contributed by atoms with Crippen LogP contribution in [0.5, 0.6) is 0 Å². The summed E-state index contributed by atoms with van der Waals surface area (Å²) in [7, 11) is 0. The van der Waals surface area contributed by atoms with Gasteiger partial charge in [-0.05, 0) is 31.6 Å². The molecule has 1 heterocycles. The van der Waals surface area contributed by atoms with Crippen molar-refractivity contribution in [1.29, 1.82) is 0 Å². The molecule has 1 atom stereocenters. The van der Waals surface area contributed by atoms with Crippen LogP contribution in [0.25, 0.3) is 0 Å². The Bertz CT molecular complexity index is 364. The molecular weight excluding hydrogens is 256 g/mol. The summed E-state index contributed by atoms with van der Waals surface area (Å²) in [5, 5.41) is 12.2. The third-order valence-electron chi connectivity index (χ3n) is 4.62. The lowest BCUT2D eigenvalue weighted by Crippen LogP contribution is -2.56. The van der Waals surface area contributed by atoms with E-state index in [2.05, 4.69) is 12.2 Å². The van der Waals surface area contributed by atoms with Gasteiger partial charge in [0.1, 0.15) is 0 Å². The minimum atomic E-state index is -0.820. The molecular formula is C15H26N2O3. The Morgan fingerprint density at radius 1 is 1.25 bits per heavy atom. The SMILES string of the molecule is CC1CCCN(C(=O)NC2(CC(=O)O)CCCCC2)C1. The number of aliphatic carboxylic acids is 1. The molecule has 0 aromatic rings. The Balaban J connectivity index is 1.99. The van der Waals surface area contributed by atoms with Crippen molar-refractivity contribution in [3.63, 3.8) is 0 Å². The van der Waals surface area contributed by atoms with E-state index in [1.165, 1.54) is 6.42 Å². The van der Waals surface area contributed by atoms with E-state index in [0.29, 0.717) is 5.92 Å². The molecule has 1 unspecified atom stereocenters. The first-order valence-corrected chi connectivity index (χ1v) is 7.80. The third kappa shape index (κ3) is 3.87. The van der Waals surface area contributed by atoms with Gasteiger partial charge in [-0.1, -0.05) is 26.2 Å². The maximum atomic E-state index is 12.4. The van der Waals surface area contributed by atoms with E-state index < -0.39 is 11.5 Å². The summed E-state index contributed by atoms with van der Waals surface area (Å²) in [5.74, 6) is -0.282. The van der Waals surface area contributed by atoms with E-state index >= 15 is 0 Å². The van der Waals surface area contributed by atoms with Gasteiger partial charge in [-0.3, -0.25) is 4.79 Å². The number of likely N-dealkylation sites (tertiary alicyclic amines) is 1. The maximum absolute atomic E-state index is 12.4. The number of piperidine rings is 1. The van der Waals surface area contributed by atoms with Crippen LogP contribution in [0.4, 0.5) is 4.79 Å². The van der Waals surface area contributed by atoms with Gasteiger partial charge >= 0.3 is 12.0 Å². The highest BCUT2D eigenvalue weighted by Crippen LogP contribution is 2.31. The fraction of sp³-hybridized carbons (Fsp3) is 0.867. The molecule has 1 aliphatic carbocycles. The van der Waals surface area contributed by atoms with E-state index in [0.717, 1.165) is 51.6 Å². The van der Waals surface area contributed by atoms with Gasteiger partial charge in [0.2, 0.25) is 0 Å². The number of carbonyl (C=O) groups is 2. The average molecular weight is 282 g/mol. The molecule has 2 aliphatic rings. The smallest absolute Gasteiger partial charge is 0.317 e. The first-order chi connectivity index (χ1) is 9.51. The number of hydrogen-bond acceptors (Lipinski definition) is 2. The highest BCUT2D eigenvalue weighted by atomic mass is 16.4. The van der Waals surface area contributed by atoms with E-state index in [-0.39, 0.29) is 12.5 Å². The first kappa shape index (κ1) is 15.1. The number of carboxylic acid groups (broad SMARTS) is 1. The van der Waals surface area contributed by atoms with Gasteiger partial charge in [-0.15, -0.1) is 0 Å². The van der Waals surface area contributed by atoms with Crippen molar-refractivity contribution in [2.24, 2.45) is 5.92 Å². The molecule has 20 heavy (non-hydrogen) atoms. The zero-order valence-corrected chi connectivity index (χ0v) is 12.4. The van der Waals surface area contributed by atoms with Gasteiger partial charge in [0, 0.05) is 13.1 Å². The summed E-state index contributed by atoms with van der Waals surface area (Å²) in [6.07, 6.45) is 6.97. The molecule has 2 fully saturated rings. The molecule has 114 valence electrons. The highest BCUT2D eigenvalue weighted by molar-refractivity contribution is 5.77. The number of amides is 2. The Hall–Kier alpha value is -1.26. The van der Waals surface area contributed by atoms with Crippen LogP contribution in [0.15, 0.2) is 0 Å². The lowest BCUT2D eigenvalue weighted by molar-refractivity contribution is -0.139. The Kier molecular flexibility index (Phi) is 4.89. The monoisotopic (exact) mass is 282 g/mol. The van der Waals surface area contributed by atoms with E-state index in [9.17, 15) is 9.59 Å². The predicted octanol–water partition coefficient (Wildman–Crippen LogP) is 2.61. The van der Waals surface area contributed by atoms with Gasteiger partial charge in [-0.2, -0.15) is 0 Å².